The third-order valence-corrected chi connectivity index (χ3v) is 5.36. The van der Waals surface area contributed by atoms with Crippen LogP contribution in [-0.2, 0) is 9.59 Å². The number of rotatable bonds is 6. The third kappa shape index (κ3) is 4.29. The molecule has 2 aromatic rings. The van der Waals surface area contributed by atoms with E-state index in [1.165, 1.54) is 24.3 Å². The van der Waals surface area contributed by atoms with E-state index < -0.39 is 22.0 Å². The first-order chi connectivity index (χ1) is 14.4. The number of thioether (sulfide) groups is 1. The molecular formula is C20H13N5O4S. The number of carbonyl (C=O) groups is 2. The molecule has 1 N–H and O–H groups in total. The summed E-state index contributed by atoms with van der Waals surface area (Å²) >= 11 is 0.926. The molecule has 0 aliphatic carbocycles. The van der Waals surface area contributed by atoms with E-state index in [1.807, 2.05) is 0 Å². The molecule has 0 radical (unpaired) electrons. The van der Waals surface area contributed by atoms with E-state index in [2.05, 4.69) is 5.32 Å². The molecule has 1 aliphatic heterocycles. The van der Waals surface area contributed by atoms with Gasteiger partial charge in [0.2, 0.25) is 11.8 Å². The fourth-order valence-electron chi connectivity index (χ4n) is 2.76. The quantitative estimate of drug-likeness (QED) is 0.325. The number of nitro benzene ring substituents is 1. The Morgan fingerprint density at radius 2 is 1.73 bits per heavy atom. The molecule has 1 fully saturated rings. The van der Waals surface area contributed by atoms with Crippen molar-refractivity contribution in [2.75, 3.05) is 10.2 Å². The second kappa shape index (κ2) is 8.90. The van der Waals surface area contributed by atoms with Gasteiger partial charge in [-0.25, -0.2) is 4.90 Å². The van der Waals surface area contributed by atoms with Gasteiger partial charge in [0, 0.05) is 24.2 Å². The number of allylic oxidation sites excluding steroid dienone is 1. The summed E-state index contributed by atoms with van der Waals surface area (Å²) in [7, 11) is 0. The van der Waals surface area contributed by atoms with E-state index in [4.69, 9.17) is 0 Å². The van der Waals surface area contributed by atoms with Crippen LogP contribution in [0.2, 0.25) is 0 Å². The maximum atomic E-state index is 12.9. The summed E-state index contributed by atoms with van der Waals surface area (Å²) in [6.45, 7) is 0. The Bertz CT molecular complexity index is 1100. The molecule has 10 heteroatoms. The molecule has 1 aliphatic rings. The number of imide groups is 1. The third-order valence-electron chi connectivity index (χ3n) is 4.17. The average molecular weight is 419 g/mol. The van der Waals surface area contributed by atoms with Crippen LogP contribution in [0.3, 0.4) is 0 Å². The van der Waals surface area contributed by atoms with Crippen LogP contribution in [0.25, 0.3) is 0 Å². The number of carbonyl (C=O) groups excluding carboxylic acids is 2. The van der Waals surface area contributed by atoms with Crippen LogP contribution in [0.15, 0.2) is 65.2 Å². The maximum Gasteiger partial charge on any atom is 0.269 e. The molecule has 9 nitrogen and oxygen atoms in total. The number of para-hydroxylation sites is 1. The Morgan fingerprint density at radius 3 is 2.30 bits per heavy atom. The minimum absolute atomic E-state index is 0.134. The molecule has 0 aromatic heterocycles. The lowest BCUT2D eigenvalue weighted by Gasteiger charge is -2.16. The number of nitro groups is 1. The number of hydrogen-bond acceptors (Lipinski definition) is 8. The molecule has 2 amide bonds. The van der Waals surface area contributed by atoms with Gasteiger partial charge in [0.15, 0.2) is 5.57 Å². The minimum atomic E-state index is -0.851. The van der Waals surface area contributed by atoms with Gasteiger partial charge in [0.25, 0.3) is 5.69 Å². The molecule has 148 valence electrons. The average Bonchev–Trinajstić information content (AvgIpc) is 3.02. The van der Waals surface area contributed by atoms with Crippen molar-refractivity contribution in [1.82, 2.24) is 0 Å². The van der Waals surface area contributed by atoms with Crippen LogP contribution >= 0.6 is 11.8 Å². The number of non-ortho nitro benzene ring substituents is 1. The highest BCUT2D eigenvalue weighted by molar-refractivity contribution is 8.04. The van der Waals surface area contributed by atoms with Crippen molar-refractivity contribution in [2.45, 2.75) is 11.7 Å². The largest absolute Gasteiger partial charge is 0.349 e. The number of benzene rings is 2. The SMILES string of the molecule is N#CC(C#N)=C(Nc1ccccc1)SC1CC(=O)N(c2ccc([N+](=O)[O-])cc2)C1=O. The summed E-state index contributed by atoms with van der Waals surface area (Å²) in [5, 5.41) is 31.6. The Morgan fingerprint density at radius 1 is 1.10 bits per heavy atom. The number of nitriles is 2. The van der Waals surface area contributed by atoms with Crippen molar-refractivity contribution in [3.8, 4) is 12.1 Å². The maximum absolute atomic E-state index is 12.9. The lowest BCUT2D eigenvalue weighted by atomic mass is 10.2. The van der Waals surface area contributed by atoms with Crippen molar-refractivity contribution < 1.29 is 14.5 Å². The van der Waals surface area contributed by atoms with E-state index in [0.29, 0.717) is 5.69 Å². The highest BCUT2D eigenvalue weighted by Crippen LogP contribution is 2.35. The minimum Gasteiger partial charge on any atom is -0.349 e. The number of hydrogen-bond donors (Lipinski definition) is 1. The molecule has 1 unspecified atom stereocenters. The number of nitrogens with zero attached hydrogens (tertiary/aromatic N) is 4. The predicted octanol–water partition coefficient (Wildman–Crippen LogP) is 3.33. The number of anilines is 2. The van der Waals surface area contributed by atoms with Gasteiger partial charge in [0.1, 0.15) is 17.2 Å². The Balaban J connectivity index is 1.84. The van der Waals surface area contributed by atoms with Crippen molar-refractivity contribution in [1.29, 1.82) is 10.5 Å². The van der Waals surface area contributed by atoms with Gasteiger partial charge in [-0.3, -0.25) is 19.7 Å². The van der Waals surface area contributed by atoms with Crippen molar-refractivity contribution in [2.24, 2.45) is 0 Å². The van der Waals surface area contributed by atoms with Gasteiger partial charge in [0.05, 0.1) is 15.9 Å². The van der Waals surface area contributed by atoms with E-state index >= 15 is 0 Å². The standard InChI is InChI=1S/C20H13N5O4S/c21-11-13(12-22)19(23-14-4-2-1-3-5-14)30-17-10-18(26)24(20(17)27)15-6-8-16(9-7-15)25(28)29/h1-9,17,23H,10H2. The lowest BCUT2D eigenvalue weighted by Crippen LogP contribution is -2.31. The van der Waals surface area contributed by atoms with Crippen molar-refractivity contribution in [3.05, 3.63) is 75.3 Å². The van der Waals surface area contributed by atoms with Crippen LogP contribution < -0.4 is 10.2 Å². The van der Waals surface area contributed by atoms with Crippen LogP contribution in [0.4, 0.5) is 17.1 Å². The predicted molar refractivity (Wildman–Crippen MR) is 110 cm³/mol. The second-order valence-corrected chi connectivity index (χ2v) is 7.28. The summed E-state index contributed by atoms with van der Waals surface area (Å²) < 4.78 is 0. The summed E-state index contributed by atoms with van der Waals surface area (Å²) in [6.07, 6.45) is -0.134. The van der Waals surface area contributed by atoms with E-state index in [1.54, 1.807) is 42.5 Å². The van der Waals surface area contributed by atoms with Crippen molar-refractivity contribution >= 4 is 40.6 Å². The summed E-state index contributed by atoms with van der Waals surface area (Å²) in [5.74, 6) is -0.998. The molecule has 2 aromatic carbocycles. The molecular weight excluding hydrogens is 406 g/mol. The van der Waals surface area contributed by atoms with Gasteiger partial charge in [-0.05, 0) is 24.3 Å². The zero-order valence-corrected chi connectivity index (χ0v) is 16.1. The normalized spacial score (nSPS) is 15.3. The highest BCUT2D eigenvalue weighted by atomic mass is 32.2. The molecule has 3 rings (SSSR count). The summed E-state index contributed by atoms with van der Waals surface area (Å²) in [6, 6.07) is 17.5. The Hall–Kier alpha value is -4.15. The fourth-order valence-corrected chi connectivity index (χ4v) is 3.87. The van der Waals surface area contributed by atoms with Crippen LogP contribution in [0.5, 0.6) is 0 Å². The fraction of sp³-hybridized carbons (Fsp3) is 0.100. The molecule has 0 saturated carbocycles. The number of nitrogens with one attached hydrogen (secondary N) is 1. The monoisotopic (exact) mass is 419 g/mol. The van der Waals surface area contributed by atoms with Gasteiger partial charge < -0.3 is 5.32 Å². The molecule has 0 bridgehead atoms. The first-order valence-electron chi connectivity index (χ1n) is 8.59. The highest BCUT2D eigenvalue weighted by Gasteiger charge is 2.41. The summed E-state index contributed by atoms with van der Waals surface area (Å²) in [4.78, 5) is 36.5. The Kier molecular flexibility index (Phi) is 6.11. The second-order valence-electron chi connectivity index (χ2n) is 6.07. The van der Waals surface area contributed by atoms with Gasteiger partial charge in [-0.2, -0.15) is 10.5 Å². The Labute approximate surface area is 175 Å². The van der Waals surface area contributed by atoms with E-state index in [0.717, 1.165) is 16.7 Å². The van der Waals surface area contributed by atoms with Gasteiger partial charge >= 0.3 is 0 Å². The van der Waals surface area contributed by atoms with E-state index in [9.17, 15) is 30.2 Å². The topological polar surface area (TPSA) is 140 Å². The first kappa shape index (κ1) is 20.6. The zero-order chi connectivity index (χ0) is 21.7. The van der Waals surface area contributed by atoms with Crippen LogP contribution in [-0.4, -0.2) is 22.0 Å². The molecule has 30 heavy (non-hydrogen) atoms. The zero-order valence-electron chi connectivity index (χ0n) is 15.3. The molecule has 1 heterocycles. The molecule has 0 spiro atoms. The molecule has 1 saturated heterocycles. The van der Waals surface area contributed by atoms with Crippen LogP contribution in [0.1, 0.15) is 6.42 Å². The smallest absolute Gasteiger partial charge is 0.269 e. The van der Waals surface area contributed by atoms with Gasteiger partial charge in [-0.1, -0.05) is 30.0 Å². The first-order valence-corrected chi connectivity index (χ1v) is 9.47. The summed E-state index contributed by atoms with van der Waals surface area (Å²) in [5.41, 5.74) is 0.472. The molecule has 1 atom stereocenters. The lowest BCUT2D eigenvalue weighted by molar-refractivity contribution is -0.384. The van der Waals surface area contributed by atoms with Gasteiger partial charge in [-0.15, -0.1) is 0 Å². The number of amides is 2. The van der Waals surface area contributed by atoms with Crippen LogP contribution in [0, 0.1) is 32.8 Å². The van der Waals surface area contributed by atoms with E-state index in [-0.39, 0.29) is 28.4 Å². The van der Waals surface area contributed by atoms with Crippen molar-refractivity contribution in [3.63, 3.8) is 0 Å².